The van der Waals surface area contributed by atoms with Crippen molar-refractivity contribution < 1.29 is 9.50 Å². The van der Waals surface area contributed by atoms with Crippen molar-refractivity contribution in [2.24, 2.45) is 5.92 Å². The van der Waals surface area contributed by atoms with Gasteiger partial charge in [-0.05, 0) is 31.6 Å². The van der Waals surface area contributed by atoms with E-state index in [1.54, 1.807) is 0 Å². The van der Waals surface area contributed by atoms with Crippen molar-refractivity contribution in [1.29, 1.82) is 0 Å². The lowest BCUT2D eigenvalue weighted by molar-refractivity contribution is 0.103. The molecule has 3 unspecified atom stereocenters. The molecule has 60 valence electrons. The first-order valence-electron chi connectivity index (χ1n) is 4.02. The molecule has 3 atom stereocenters. The highest BCUT2D eigenvalue weighted by molar-refractivity contribution is 4.73. The highest BCUT2D eigenvalue weighted by Crippen LogP contribution is 2.24. The van der Waals surface area contributed by atoms with Gasteiger partial charge in [-0.3, -0.25) is 0 Å². The van der Waals surface area contributed by atoms with E-state index in [-0.39, 0.29) is 12.0 Å². The second kappa shape index (κ2) is 3.33. The van der Waals surface area contributed by atoms with Gasteiger partial charge in [0, 0.05) is 0 Å². The molecule has 0 aromatic rings. The monoisotopic (exact) mass is 146 g/mol. The summed E-state index contributed by atoms with van der Waals surface area (Å²) in [6.45, 7) is 1.92. The quantitative estimate of drug-likeness (QED) is 0.517. The summed E-state index contributed by atoms with van der Waals surface area (Å²) < 4.78 is 12.8. The fourth-order valence-corrected chi connectivity index (χ4v) is 1.51. The summed E-state index contributed by atoms with van der Waals surface area (Å²) in [5.74, 6) is 0.150. The summed E-state index contributed by atoms with van der Waals surface area (Å²) in [6.07, 6.45) is 1.87. The van der Waals surface area contributed by atoms with Crippen LogP contribution in [0.25, 0.3) is 0 Å². The van der Waals surface area contributed by atoms with Crippen LogP contribution in [0.5, 0.6) is 0 Å². The van der Waals surface area contributed by atoms with E-state index in [9.17, 15) is 9.50 Å². The lowest BCUT2D eigenvalue weighted by Crippen LogP contribution is -2.16. The second-order valence-electron chi connectivity index (χ2n) is 3.31. The molecule has 0 heterocycles. The van der Waals surface area contributed by atoms with Gasteiger partial charge in [0.25, 0.3) is 0 Å². The van der Waals surface area contributed by atoms with Crippen LogP contribution in [-0.4, -0.2) is 17.4 Å². The van der Waals surface area contributed by atoms with Gasteiger partial charge < -0.3 is 5.11 Å². The molecule has 0 aromatic heterocycles. The predicted molar refractivity (Wildman–Crippen MR) is 38.5 cm³/mol. The van der Waals surface area contributed by atoms with Crippen molar-refractivity contribution in [2.45, 2.75) is 44.9 Å². The van der Waals surface area contributed by atoms with Crippen LogP contribution in [0.4, 0.5) is 4.39 Å². The molecular formula is C8H15FO. The number of aliphatic hydroxyl groups is 1. The molecule has 1 aliphatic carbocycles. The zero-order valence-corrected chi connectivity index (χ0v) is 6.39. The number of rotatable bonds is 0. The average Bonchev–Trinajstić information content (AvgIpc) is 1.96. The fourth-order valence-electron chi connectivity index (χ4n) is 1.51. The minimum atomic E-state index is -0.674. The molecule has 1 rings (SSSR count). The third-order valence-electron chi connectivity index (χ3n) is 2.30. The fraction of sp³-hybridized carbons (Fsp3) is 1.00. The second-order valence-corrected chi connectivity index (χ2v) is 3.31. The molecule has 1 nitrogen and oxygen atoms in total. The van der Waals surface area contributed by atoms with Crippen LogP contribution in [0.15, 0.2) is 0 Å². The molecule has 0 spiro atoms. The van der Waals surface area contributed by atoms with Gasteiger partial charge in [-0.1, -0.05) is 6.92 Å². The first kappa shape index (κ1) is 7.99. The molecule has 2 heteroatoms. The zero-order chi connectivity index (χ0) is 7.56. The number of halogens is 1. The first-order chi connectivity index (χ1) is 4.70. The van der Waals surface area contributed by atoms with Crippen LogP contribution in [0.3, 0.4) is 0 Å². The Kier molecular flexibility index (Phi) is 2.66. The molecule has 0 saturated heterocycles. The van der Waals surface area contributed by atoms with Crippen molar-refractivity contribution in [3.63, 3.8) is 0 Å². The van der Waals surface area contributed by atoms with Gasteiger partial charge >= 0.3 is 0 Å². The molecule has 0 aromatic carbocycles. The molecule has 0 amide bonds. The normalized spacial score (nSPS) is 42.9. The minimum Gasteiger partial charge on any atom is -0.393 e. The number of hydrogen-bond donors (Lipinski definition) is 1. The topological polar surface area (TPSA) is 20.2 Å². The molecule has 0 bridgehead atoms. The maximum Gasteiger partial charge on any atom is 0.100 e. The van der Waals surface area contributed by atoms with E-state index in [2.05, 4.69) is 0 Å². The number of hydrogen-bond acceptors (Lipinski definition) is 1. The maximum atomic E-state index is 12.8. The van der Waals surface area contributed by atoms with Gasteiger partial charge in [-0.15, -0.1) is 0 Å². The van der Waals surface area contributed by atoms with Crippen molar-refractivity contribution in [2.75, 3.05) is 0 Å². The Labute approximate surface area is 61.2 Å². The summed E-state index contributed by atoms with van der Waals surface area (Å²) in [5.41, 5.74) is 0. The minimum absolute atomic E-state index is 0.150. The van der Waals surface area contributed by atoms with Crippen LogP contribution in [0.1, 0.15) is 32.6 Å². The highest BCUT2D eigenvalue weighted by Gasteiger charge is 2.22. The molecule has 0 aliphatic heterocycles. The molecule has 1 saturated carbocycles. The largest absolute Gasteiger partial charge is 0.393 e. The highest BCUT2D eigenvalue weighted by atomic mass is 19.1. The Morgan fingerprint density at radius 3 is 2.80 bits per heavy atom. The van der Waals surface area contributed by atoms with Gasteiger partial charge in [0.2, 0.25) is 0 Å². The third-order valence-corrected chi connectivity index (χ3v) is 2.30. The lowest BCUT2D eigenvalue weighted by atomic mass is 10.00. The van der Waals surface area contributed by atoms with Crippen molar-refractivity contribution >= 4 is 0 Å². The van der Waals surface area contributed by atoms with E-state index in [4.69, 9.17) is 0 Å². The summed E-state index contributed by atoms with van der Waals surface area (Å²) in [6, 6.07) is 0. The smallest absolute Gasteiger partial charge is 0.100 e. The van der Waals surface area contributed by atoms with Crippen LogP contribution >= 0.6 is 0 Å². The summed E-state index contributed by atoms with van der Waals surface area (Å²) >= 11 is 0. The summed E-state index contributed by atoms with van der Waals surface area (Å²) in [5, 5.41) is 9.31. The SMILES string of the molecule is CC1CC(F)CCCC1O. The lowest BCUT2D eigenvalue weighted by Gasteiger charge is -2.14. The summed E-state index contributed by atoms with van der Waals surface area (Å²) in [4.78, 5) is 0. The van der Waals surface area contributed by atoms with Crippen LogP contribution < -0.4 is 0 Å². The molecule has 1 aliphatic rings. The van der Waals surface area contributed by atoms with E-state index in [0.717, 1.165) is 12.8 Å². The van der Waals surface area contributed by atoms with Gasteiger partial charge in [0.1, 0.15) is 6.17 Å². The van der Waals surface area contributed by atoms with Crippen LogP contribution in [0, 0.1) is 5.92 Å². The van der Waals surface area contributed by atoms with E-state index in [1.807, 2.05) is 6.92 Å². The van der Waals surface area contributed by atoms with Crippen molar-refractivity contribution in [3.05, 3.63) is 0 Å². The van der Waals surface area contributed by atoms with E-state index >= 15 is 0 Å². The zero-order valence-electron chi connectivity index (χ0n) is 6.39. The van der Waals surface area contributed by atoms with Crippen molar-refractivity contribution in [1.82, 2.24) is 0 Å². The van der Waals surface area contributed by atoms with Gasteiger partial charge in [-0.2, -0.15) is 0 Å². The standard InChI is InChI=1S/C8H15FO/c1-6-5-7(9)3-2-4-8(6)10/h6-8,10H,2-5H2,1H3. The molecule has 1 fully saturated rings. The Morgan fingerprint density at radius 2 is 2.10 bits per heavy atom. The van der Waals surface area contributed by atoms with Crippen LogP contribution in [0.2, 0.25) is 0 Å². The predicted octanol–water partition coefficient (Wildman–Crippen LogP) is 1.90. The Hall–Kier alpha value is -0.110. The summed E-state index contributed by atoms with van der Waals surface area (Å²) in [7, 11) is 0. The van der Waals surface area contributed by atoms with Gasteiger partial charge in [0.15, 0.2) is 0 Å². The molecule has 1 N–H and O–H groups in total. The van der Waals surface area contributed by atoms with Gasteiger partial charge in [0.05, 0.1) is 6.10 Å². The van der Waals surface area contributed by atoms with E-state index in [1.165, 1.54) is 0 Å². The van der Waals surface area contributed by atoms with Gasteiger partial charge in [-0.25, -0.2) is 4.39 Å². The number of aliphatic hydroxyl groups excluding tert-OH is 1. The van der Waals surface area contributed by atoms with Crippen LogP contribution in [-0.2, 0) is 0 Å². The van der Waals surface area contributed by atoms with Crippen molar-refractivity contribution in [3.8, 4) is 0 Å². The maximum absolute atomic E-state index is 12.8. The molecule has 0 radical (unpaired) electrons. The first-order valence-corrected chi connectivity index (χ1v) is 4.02. The molecule has 10 heavy (non-hydrogen) atoms. The number of alkyl halides is 1. The Bertz CT molecular complexity index is 105. The third kappa shape index (κ3) is 1.94. The van der Waals surface area contributed by atoms with E-state index in [0.29, 0.717) is 12.8 Å². The molecular weight excluding hydrogens is 131 g/mol. The van der Waals surface area contributed by atoms with E-state index < -0.39 is 6.17 Å². The Balaban J connectivity index is 2.41. The Morgan fingerprint density at radius 1 is 1.40 bits per heavy atom. The average molecular weight is 146 g/mol.